The van der Waals surface area contributed by atoms with Gasteiger partial charge in [-0.05, 0) is 37.0 Å². The van der Waals surface area contributed by atoms with E-state index < -0.39 is 10.0 Å². The van der Waals surface area contributed by atoms with Gasteiger partial charge in [-0.3, -0.25) is 4.79 Å². The van der Waals surface area contributed by atoms with Crippen molar-refractivity contribution in [2.45, 2.75) is 24.7 Å². The first-order chi connectivity index (χ1) is 11.3. The molecule has 0 aliphatic carbocycles. The third kappa shape index (κ3) is 4.20. The molecular formula is C16H23ClN2O4S. The summed E-state index contributed by atoms with van der Waals surface area (Å²) in [6.07, 6.45) is 1.90. The van der Waals surface area contributed by atoms with Crippen LogP contribution >= 0.6 is 11.6 Å². The number of piperidine rings is 1. The molecule has 24 heavy (non-hydrogen) atoms. The minimum absolute atomic E-state index is 0.0416. The van der Waals surface area contributed by atoms with Crippen molar-refractivity contribution in [3.8, 4) is 5.75 Å². The first-order valence-corrected chi connectivity index (χ1v) is 9.65. The number of hydrogen-bond donors (Lipinski definition) is 0. The van der Waals surface area contributed by atoms with Crippen molar-refractivity contribution in [2.75, 3.05) is 33.8 Å². The van der Waals surface area contributed by atoms with Gasteiger partial charge in [0, 0.05) is 25.2 Å². The fourth-order valence-corrected chi connectivity index (χ4v) is 4.19. The Bertz CT molecular complexity index is 700. The summed E-state index contributed by atoms with van der Waals surface area (Å²) in [5, 5.41) is 0.291. The van der Waals surface area contributed by atoms with Gasteiger partial charge >= 0.3 is 0 Å². The maximum atomic E-state index is 12.8. The van der Waals surface area contributed by atoms with Crippen LogP contribution in [0.5, 0.6) is 5.75 Å². The highest BCUT2D eigenvalue weighted by molar-refractivity contribution is 7.89. The van der Waals surface area contributed by atoms with Gasteiger partial charge in [0.1, 0.15) is 10.6 Å². The Hall–Kier alpha value is -1.31. The second-order valence-corrected chi connectivity index (χ2v) is 8.57. The molecule has 0 atom stereocenters. The molecule has 0 saturated carbocycles. The highest BCUT2D eigenvalue weighted by Crippen LogP contribution is 2.29. The Morgan fingerprint density at radius 2 is 2.00 bits per heavy atom. The quantitative estimate of drug-likeness (QED) is 0.792. The average Bonchev–Trinajstić information content (AvgIpc) is 2.55. The van der Waals surface area contributed by atoms with Crippen LogP contribution in [0.3, 0.4) is 0 Å². The number of rotatable bonds is 5. The molecule has 1 aliphatic rings. The van der Waals surface area contributed by atoms with Gasteiger partial charge in [0.25, 0.3) is 0 Å². The lowest BCUT2D eigenvalue weighted by Gasteiger charge is -2.31. The number of nitrogens with zero attached hydrogens (tertiary/aromatic N) is 2. The minimum atomic E-state index is -3.87. The Kier molecular flexibility index (Phi) is 6.11. The lowest BCUT2D eigenvalue weighted by atomic mass is 9.99. The van der Waals surface area contributed by atoms with Crippen LogP contribution in [0.4, 0.5) is 0 Å². The zero-order valence-electron chi connectivity index (χ0n) is 14.2. The SMILES string of the molecule is COc1ccc(Cl)cc1S(=O)(=O)N(C)CC(=O)N1CCC(C)CC1. The molecule has 8 heteroatoms. The summed E-state index contributed by atoms with van der Waals surface area (Å²) in [6, 6.07) is 4.38. The van der Waals surface area contributed by atoms with E-state index >= 15 is 0 Å². The summed E-state index contributed by atoms with van der Waals surface area (Å²) in [4.78, 5) is 14.1. The summed E-state index contributed by atoms with van der Waals surface area (Å²) in [5.41, 5.74) is 0. The molecule has 1 aliphatic heterocycles. The molecule has 1 aromatic carbocycles. The summed E-state index contributed by atoms with van der Waals surface area (Å²) in [7, 11) is -1.09. The van der Waals surface area contributed by atoms with Crippen molar-refractivity contribution in [3.63, 3.8) is 0 Å². The van der Waals surface area contributed by atoms with E-state index in [9.17, 15) is 13.2 Å². The molecule has 0 unspecified atom stereocenters. The number of likely N-dealkylation sites (tertiary alicyclic amines) is 1. The molecule has 0 spiro atoms. The van der Waals surface area contributed by atoms with E-state index in [2.05, 4.69) is 6.92 Å². The number of sulfonamides is 1. The number of benzene rings is 1. The zero-order chi connectivity index (χ0) is 17.9. The number of halogens is 1. The van der Waals surface area contributed by atoms with Crippen molar-refractivity contribution >= 4 is 27.5 Å². The third-order valence-electron chi connectivity index (χ3n) is 4.31. The predicted molar refractivity (Wildman–Crippen MR) is 92.8 cm³/mol. The Balaban J connectivity index is 2.15. The Morgan fingerprint density at radius 1 is 1.38 bits per heavy atom. The number of carbonyl (C=O) groups is 1. The van der Waals surface area contributed by atoms with Crippen molar-refractivity contribution in [1.29, 1.82) is 0 Å². The third-order valence-corrected chi connectivity index (χ3v) is 6.37. The molecule has 6 nitrogen and oxygen atoms in total. The highest BCUT2D eigenvalue weighted by Gasteiger charge is 2.29. The molecule has 1 aromatic rings. The van der Waals surface area contributed by atoms with E-state index in [1.165, 1.54) is 26.3 Å². The summed E-state index contributed by atoms with van der Waals surface area (Å²) < 4.78 is 31.7. The van der Waals surface area contributed by atoms with Crippen molar-refractivity contribution in [3.05, 3.63) is 23.2 Å². The molecular weight excluding hydrogens is 352 g/mol. The largest absolute Gasteiger partial charge is 0.495 e. The van der Waals surface area contributed by atoms with Crippen molar-refractivity contribution in [2.24, 2.45) is 5.92 Å². The van der Waals surface area contributed by atoms with Crippen LogP contribution in [0.15, 0.2) is 23.1 Å². The van der Waals surface area contributed by atoms with Crippen LogP contribution in [-0.4, -0.2) is 57.3 Å². The standard InChI is InChI=1S/C16H23ClN2O4S/c1-12-6-8-19(9-7-12)16(20)11-18(2)24(21,22)15-10-13(17)4-5-14(15)23-3/h4-5,10,12H,6-9,11H2,1-3H3. The maximum absolute atomic E-state index is 12.8. The number of hydrogen-bond acceptors (Lipinski definition) is 4. The van der Waals surface area contributed by atoms with Crippen LogP contribution in [-0.2, 0) is 14.8 Å². The summed E-state index contributed by atoms with van der Waals surface area (Å²) in [5.74, 6) is 0.616. The van der Waals surface area contributed by atoms with Gasteiger partial charge in [-0.2, -0.15) is 4.31 Å². The van der Waals surface area contributed by atoms with Gasteiger partial charge in [-0.1, -0.05) is 18.5 Å². The summed E-state index contributed by atoms with van der Waals surface area (Å²) in [6.45, 7) is 3.30. The predicted octanol–water partition coefficient (Wildman–Crippen LogP) is 2.23. The second kappa shape index (κ2) is 7.72. The topological polar surface area (TPSA) is 66.9 Å². The molecule has 0 bridgehead atoms. The Labute approximate surface area is 148 Å². The van der Waals surface area contributed by atoms with Crippen LogP contribution in [0, 0.1) is 5.92 Å². The monoisotopic (exact) mass is 374 g/mol. The fourth-order valence-electron chi connectivity index (χ4n) is 2.65. The van der Waals surface area contributed by atoms with Crippen LogP contribution < -0.4 is 4.74 Å². The van der Waals surface area contributed by atoms with Gasteiger partial charge in [0.05, 0.1) is 13.7 Å². The Morgan fingerprint density at radius 3 is 2.58 bits per heavy atom. The molecule has 1 saturated heterocycles. The molecule has 0 radical (unpaired) electrons. The molecule has 1 fully saturated rings. The van der Waals surface area contributed by atoms with Crippen molar-refractivity contribution in [1.82, 2.24) is 9.21 Å². The van der Waals surface area contributed by atoms with Gasteiger partial charge < -0.3 is 9.64 Å². The lowest BCUT2D eigenvalue weighted by molar-refractivity contribution is -0.132. The number of carbonyl (C=O) groups excluding carboxylic acids is 1. The van der Waals surface area contributed by atoms with E-state index in [1.54, 1.807) is 11.0 Å². The zero-order valence-corrected chi connectivity index (χ0v) is 15.7. The van der Waals surface area contributed by atoms with E-state index in [1.807, 2.05) is 0 Å². The van der Waals surface area contributed by atoms with Crippen LogP contribution in [0.2, 0.25) is 5.02 Å². The normalized spacial score (nSPS) is 16.5. The number of amides is 1. The minimum Gasteiger partial charge on any atom is -0.495 e. The number of ether oxygens (including phenoxy) is 1. The molecule has 1 amide bonds. The lowest BCUT2D eigenvalue weighted by Crippen LogP contribution is -2.44. The van der Waals surface area contributed by atoms with E-state index in [0.29, 0.717) is 24.0 Å². The van der Waals surface area contributed by atoms with E-state index in [-0.39, 0.29) is 23.1 Å². The van der Waals surface area contributed by atoms with Crippen LogP contribution in [0.25, 0.3) is 0 Å². The summed E-state index contributed by atoms with van der Waals surface area (Å²) >= 11 is 5.91. The second-order valence-electron chi connectivity index (χ2n) is 6.12. The molecule has 134 valence electrons. The van der Waals surface area contributed by atoms with E-state index in [0.717, 1.165) is 17.1 Å². The molecule has 2 rings (SSSR count). The van der Waals surface area contributed by atoms with Crippen molar-refractivity contribution < 1.29 is 17.9 Å². The maximum Gasteiger partial charge on any atom is 0.247 e. The fraction of sp³-hybridized carbons (Fsp3) is 0.562. The number of likely N-dealkylation sites (N-methyl/N-ethyl adjacent to an activating group) is 1. The van der Waals surface area contributed by atoms with Gasteiger partial charge in [-0.25, -0.2) is 8.42 Å². The molecule has 0 N–H and O–H groups in total. The number of methoxy groups -OCH3 is 1. The first-order valence-electron chi connectivity index (χ1n) is 7.83. The molecule has 1 heterocycles. The first kappa shape index (κ1) is 19.0. The average molecular weight is 375 g/mol. The van der Waals surface area contributed by atoms with Crippen LogP contribution in [0.1, 0.15) is 19.8 Å². The smallest absolute Gasteiger partial charge is 0.247 e. The highest BCUT2D eigenvalue weighted by atomic mass is 35.5. The van der Waals surface area contributed by atoms with Gasteiger partial charge in [-0.15, -0.1) is 0 Å². The van der Waals surface area contributed by atoms with Gasteiger partial charge in [0.15, 0.2) is 0 Å². The van der Waals surface area contributed by atoms with E-state index in [4.69, 9.17) is 16.3 Å². The van der Waals surface area contributed by atoms with Gasteiger partial charge in [0.2, 0.25) is 15.9 Å². The molecule has 0 aromatic heterocycles.